The van der Waals surface area contributed by atoms with Crippen molar-refractivity contribution in [3.05, 3.63) is 29.1 Å². The molecule has 8 rings (SSSR count). The van der Waals surface area contributed by atoms with E-state index in [-0.39, 0.29) is 66.9 Å². The van der Waals surface area contributed by atoms with Crippen LogP contribution in [0.2, 0.25) is 0 Å². The monoisotopic (exact) mass is 653 g/mol. The van der Waals surface area contributed by atoms with E-state index in [9.17, 15) is 22.0 Å². The zero-order valence-corrected chi connectivity index (χ0v) is 24.6. The molecule has 46 heavy (non-hydrogen) atoms. The minimum absolute atomic E-state index is 0.00919. The van der Waals surface area contributed by atoms with Crippen LogP contribution in [0.5, 0.6) is 11.9 Å². The minimum Gasteiger partial charge on any atom is -0.472 e. The number of benzene rings is 1. The van der Waals surface area contributed by atoms with Gasteiger partial charge < -0.3 is 25.4 Å². The number of piperazine rings is 1. The molecular weight excluding hydrogens is 623 g/mol. The molecular formula is C30H30F7N7O2. The Morgan fingerprint density at radius 2 is 1.93 bits per heavy atom. The molecule has 246 valence electrons. The molecule has 0 spiro atoms. The molecule has 3 aromatic rings. The third kappa shape index (κ3) is 4.38. The van der Waals surface area contributed by atoms with Crippen LogP contribution in [0.1, 0.15) is 44.6 Å². The fourth-order valence-corrected chi connectivity index (χ4v) is 8.26. The van der Waals surface area contributed by atoms with Gasteiger partial charge in [-0.3, -0.25) is 4.90 Å². The van der Waals surface area contributed by atoms with Crippen LogP contribution in [0.25, 0.3) is 22.2 Å². The SMILES string of the molecule is C[C@@H]1Oc2nc(-c3c(C(F)(F)F)cc(F)c(N)c3F)c(F)c3nc(OC[C@@]45CCCN4C[C@H](F)C5)nc(c23)N2C[C@H]3CC[C@H](N3)[C@@H]12. The summed E-state index contributed by atoms with van der Waals surface area (Å²) in [4.78, 5) is 17.0. The van der Waals surface area contributed by atoms with Crippen molar-refractivity contribution in [1.82, 2.24) is 25.2 Å². The number of nitrogens with two attached hydrogens (primary N) is 1. The zero-order chi connectivity index (χ0) is 32.3. The standard InChI is InChI=1S/C30H30F7N7O2/c1-12-25-17-4-3-14(39-17)10-44(25)26-19-24(41-28(42-26)45-11-29-5-2-6-43(29)9-13(31)8-29)21(34)23(40-27(19)46-12)18-15(30(35,36)37)7-16(32)22(38)20(18)33/h7,12-14,17,25,39H,2-6,8-11,38H2,1H3/t12-,13+,14+,17-,25+,29-/m0/s1. The van der Waals surface area contributed by atoms with Crippen molar-refractivity contribution >= 4 is 22.4 Å². The second-order valence-corrected chi connectivity index (χ2v) is 13.0. The van der Waals surface area contributed by atoms with E-state index in [1.807, 2.05) is 9.80 Å². The van der Waals surface area contributed by atoms with Gasteiger partial charge in [-0.1, -0.05) is 0 Å². The van der Waals surface area contributed by atoms with Gasteiger partial charge in [0.1, 0.15) is 52.8 Å². The molecule has 0 unspecified atom stereocenters. The van der Waals surface area contributed by atoms with Crippen molar-refractivity contribution in [3.63, 3.8) is 0 Å². The average Bonchev–Trinajstić information content (AvgIpc) is 3.64. The molecule has 1 aromatic carbocycles. The summed E-state index contributed by atoms with van der Waals surface area (Å²) in [5.74, 6) is -4.98. The van der Waals surface area contributed by atoms with Crippen molar-refractivity contribution in [2.75, 3.05) is 36.9 Å². The smallest absolute Gasteiger partial charge is 0.417 e. The van der Waals surface area contributed by atoms with Crippen LogP contribution < -0.4 is 25.4 Å². The van der Waals surface area contributed by atoms with Crippen molar-refractivity contribution < 1.29 is 40.2 Å². The van der Waals surface area contributed by atoms with Gasteiger partial charge in [0.05, 0.1) is 22.7 Å². The molecule has 7 heterocycles. The van der Waals surface area contributed by atoms with Gasteiger partial charge in [-0.05, 0) is 45.2 Å². The number of pyridine rings is 1. The number of nitrogens with one attached hydrogen (secondary N) is 1. The molecule has 0 amide bonds. The number of aromatic nitrogens is 3. The van der Waals surface area contributed by atoms with Crippen LogP contribution in [0.15, 0.2) is 6.07 Å². The predicted octanol–water partition coefficient (Wildman–Crippen LogP) is 4.76. The van der Waals surface area contributed by atoms with Crippen LogP contribution in [-0.2, 0) is 6.18 Å². The maximum Gasteiger partial charge on any atom is 0.417 e. The Balaban J connectivity index is 1.34. The Labute approximate surface area is 258 Å². The van der Waals surface area contributed by atoms with Gasteiger partial charge in [0.2, 0.25) is 5.88 Å². The number of ether oxygens (including phenoxy) is 2. The van der Waals surface area contributed by atoms with E-state index < -0.39 is 69.5 Å². The van der Waals surface area contributed by atoms with E-state index >= 15 is 8.78 Å². The average molecular weight is 654 g/mol. The number of hydrogen-bond donors (Lipinski definition) is 2. The van der Waals surface area contributed by atoms with Crippen LogP contribution in [0.3, 0.4) is 0 Å². The van der Waals surface area contributed by atoms with Gasteiger partial charge in [-0.15, -0.1) is 0 Å². The Bertz CT molecular complexity index is 1760. The predicted molar refractivity (Wildman–Crippen MR) is 152 cm³/mol. The first kappa shape index (κ1) is 29.7. The highest BCUT2D eigenvalue weighted by molar-refractivity contribution is 5.97. The van der Waals surface area contributed by atoms with Gasteiger partial charge in [0.15, 0.2) is 11.6 Å². The van der Waals surface area contributed by atoms with Crippen molar-refractivity contribution in [2.45, 2.75) is 81.1 Å². The Morgan fingerprint density at radius 1 is 1.13 bits per heavy atom. The zero-order valence-electron chi connectivity index (χ0n) is 24.6. The van der Waals surface area contributed by atoms with E-state index in [1.165, 1.54) is 0 Å². The first-order valence-electron chi connectivity index (χ1n) is 15.3. The molecule has 16 heteroatoms. The summed E-state index contributed by atoms with van der Waals surface area (Å²) < 4.78 is 116. The highest BCUT2D eigenvalue weighted by Crippen LogP contribution is 2.48. The molecule has 9 nitrogen and oxygen atoms in total. The Morgan fingerprint density at radius 3 is 2.72 bits per heavy atom. The number of halogens is 7. The Kier molecular flexibility index (Phi) is 6.57. The second kappa shape index (κ2) is 10.2. The summed E-state index contributed by atoms with van der Waals surface area (Å²) in [7, 11) is 0. The third-order valence-corrected chi connectivity index (χ3v) is 10.3. The summed E-state index contributed by atoms with van der Waals surface area (Å²) in [6.07, 6.45) is -3.47. The van der Waals surface area contributed by atoms with Crippen LogP contribution in [0, 0.1) is 17.5 Å². The van der Waals surface area contributed by atoms with Gasteiger partial charge in [-0.25, -0.2) is 22.5 Å². The summed E-state index contributed by atoms with van der Waals surface area (Å²) >= 11 is 0. The van der Waals surface area contributed by atoms with Crippen LogP contribution >= 0.6 is 0 Å². The lowest BCUT2D eigenvalue weighted by atomic mass is 9.95. The molecule has 5 aliphatic rings. The molecule has 4 fully saturated rings. The molecule has 3 N–H and O–H groups in total. The van der Waals surface area contributed by atoms with E-state index in [1.54, 1.807) is 6.92 Å². The molecule has 5 aliphatic heterocycles. The summed E-state index contributed by atoms with van der Waals surface area (Å²) in [5.41, 5.74) is -1.15. The normalized spacial score (nSPS) is 30.3. The number of anilines is 2. The third-order valence-electron chi connectivity index (χ3n) is 10.3. The van der Waals surface area contributed by atoms with E-state index in [2.05, 4.69) is 20.3 Å². The largest absolute Gasteiger partial charge is 0.472 e. The molecule has 6 atom stereocenters. The van der Waals surface area contributed by atoms with Crippen molar-refractivity contribution in [1.29, 1.82) is 0 Å². The lowest BCUT2D eigenvalue weighted by molar-refractivity contribution is -0.137. The van der Waals surface area contributed by atoms with Crippen LogP contribution in [0.4, 0.5) is 42.2 Å². The summed E-state index contributed by atoms with van der Waals surface area (Å²) in [5, 5.41) is 3.53. The lowest BCUT2D eigenvalue weighted by Gasteiger charge is -2.42. The van der Waals surface area contributed by atoms with E-state index in [0.29, 0.717) is 19.5 Å². The molecule has 0 radical (unpaired) electrons. The second-order valence-electron chi connectivity index (χ2n) is 13.0. The van der Waals surface area contributed by atoms with Crippen LogP contribution in [-0.4, -0.2) is 82.0 Å². The van der Waals surface area contributed by atoms with Crippen molar-refractivity contribution in [2.24, 2.45) is 0 Å². The molecule has 0 aliphatic carbocycles. The number of alkyl halides is 4. The molecule has 2 bridgehead atoms. The molecule has 0 saturated carbocycles. The fourth-order valence-electron chi connectivity index (χ4n) is 8.26. The maximum atomic E-state index is 16.6. The number of hydrogen-bond acceptors (Lipinski definition) is 9. The quantitative estimate of drug-likeness (QED) is 0.305. The van der Waals surface area contributed by atoms with E-state index in [4.69, 9.17) is 15.2 Å². The van der Waals surface area contributed by atoms with Gasteiger partial charge >= 0.3 is 12.2 Å². The first-order valence-corrected chi connectivity index (χ1v) is 15.3. The number of fused-ring (bicyclic) bond motifs is 6. The van der Waals surface area contributed by atoms with Crippen molar-refractivity contribution in [3.8, 4) is 23.1 Å². The van der Waals surface area contributed by atoms with Gasteiger partial charge in [0, 0.05) is 31.6 Å². The maximum absolute atomic E-state index is 16.6. The number of nitrogens with zero attached hydrogens (tertiary/aromatic N) is 5. The fraction of sp³-hybridized carbons (Fsp3) is 0.567. The highest BCUT2D eigenvalue weighted by Gasteiger charge is 2.50. The molecule has 2 aromatic heterocycles. The number of nitrogen functional groups attached to an aromatic ring is 1. The highest BCUT2D eigenvalue weighted by atomic mass is 19.4. The topological polar surface area (TPSA) is 102 Å². The summed E-state index contributed by atoms with van der Waals surface area (Å²) in [6, 6.07) is -0.547. The summed E-state index contributed by atoms with van der Waals surface area (Å²) in [6.45, 7) is 3.20. The lowest BCUT2D eigenvalue weighted by Crippen LogP contribution is -2.62. The Hall–Kier alpha value is -3.66. The minimum atomic E-state index is -5.30. The number of rotatable bonds is 4. The van der Waals surface area contributed by atoms with Gasteiger partial charge in [0.25, 0.3) is 0 Å². The first-order chi connectivity index (χ1) is 21.8. The van der Waals surface area contributed by atoms with Gasteiger partial charge in [-0.2, -0.15) is 23.1 Å². The van der Waals surface area contributed by atoms with E-state index in [0.717, 1.165) is 19.3 Å². The molecule has 4 saturated heterocycles.